The number of hydrogen-bond acceptors (Lipinski definition) is 5. The van der Waals surface area contributed by atoms with Crippen molar-refractivity contribution in [2.75, 3.05) is 7.11 Å². The first-order valence-electron chi connectivity index (χ1n) is 5.82. The lowest BCUT2D eigenvalue weighted by Crippen LogP contribution is -2.08. The van der Waals surface area contributed by atoms with E-state index in [-0.39, 0.29) is 0 Å². The first-order chi connectivity index (χ1) is 8.78. The van der Waals surface area contributed by atoms with Crippen molar-refractivity contribution in [1.82, 2.24) is 15.1 Å². The summed E-state index contributed by atoms with van der Waals surface area (Å²) in [7, 11) is 1.60. The summed E-state index contributed by atoms with van der Waals surface area (Å²) in [4.78, 5) is 8.73. The van der Waals surface area contributed by atoms with Gasteiger partial charge in [-0.1, -0.05) is 11.6 Å². The van der Waals surface area contributed by atoms with Crippen LogP contribution in [-0.4, -0.2) is 22.2 Å². The molecule has 2 aromatic rings. The molecule has 1 saturated carbocycles. The molecule has 18 heavy (non-hydrogen) atoms. The van der Waals surface area contributed by atoms with Gasteiger partial charge in [0.15, 0.2) is 5.75 Å². The highest BCUT2D eigenvalue weighted by molar-refractivity contribution is 9.10. The Morgan fingerprint density at radius 1 is 1.33 bits per heavy atom. The van der Waals surface area contributed by atoms with Gasteiger partial charge >= 0.3 is 0 Å². The summed E-state index contributed by atoms with van der Waals surface area (Å²) in [6.45, 7) is 0. The van der Waals surface area contributed by atoms with Crippen molar-refractivity contribution in [3.63, 3.8) is 0 Å². The van der Waals surface area contributed by atoms with E-state index in [1.165, 1.54) is 6.42 Å². The summed E-state index contributed by atoms with van der Waals surface area (Å²) in [6, 6.07) is 3.64. The van der Waals surface area contributed by atoms with Crippen LogP contribution in [0.25, 0.3) is 11.5 Å². The third-order valence-corrected chi connectivity index (χ3v) is 3.73. The second-order valence-electron chi connectivity index (χ2n) is 4.27. The Kier molecular flexibility index (Phi) is 3.03. The summed E-state index contributed by atoms with van der Waals surface area (Å²) in [5.41, 5.74) is 0.678. The van der Waals surface area contributed by atoms with Crippen LogP contribution in [0.2, 0.25) is 0 Å². The minimum atomic E-state index is 0.438. The molecule has 6 heteroatoms. The monoisotopic (exact) mass is 309 g/mol. The largest absolute Gasteiger partial charge is 0.494 e. The molecule has 5 nitrogen and oxygen atoms in total. The van der Waals surface area contributed by atoms with Gasteiger partial charge < -0.3 is 9.26 Å². The SMILES string of the molecule is COc1ccc(-c2noc(C3CCC3)n2)nc1Br. The van der Waals surface area contributed by atoms with Gasteiger partial charge in [-0.05, 0) is 40.9 Å². The Hall–Kier alpha value is -1.43. The number of nitrogens with zero attached hydrogens (tertiary/aromatic N) is 3. The van der Waals surface area contributed by atoms with Crippen LogP contribution in [0.1, 0.15) is 31.1 Å². The third kappa shape index (κ3) is 2.01. The quantitative estimate of drug-likeness (QED) is 0.815. The minimum Gasteiger partial charge on any atom is -0.494 e. The van der Waals surface area contributed by atoms with E-state index in [0.29, 0.717) is 27.8 Å². The summed E-state index contributed by atoms with van der Waals surface area (Å²) >= 11 is 3.34. The lowest BCUT2D eigenvalue weighted by molar-refractivity contribution is 0.292. The van der Waals surface area contributed by atoms with Crippen LogP contribution in [0.15, 0.2) is 21.3 Å². The molecule has 0 atom stereocenters. The van der Waals surface area contributed by atoms with E-state index in [9.17, 15) is 0 Å². The van der Waals surface area contributed by atoms with Gasteiger partial charge in [0.1, 0.15) is 10.3 Å². The molecule has 0 spiro atoms. The smallest absolute Gasteiger partial charge is 0.230 e. The van der Waals surface area contributed by atoms with E-state index in [4.69, 9.17) is 9.26 Å². The second-order valence-corrected chi connectivity index (χ2v) is 5.02. The van der Waals surface area contributed by atoms with Gasteiger partial charge in [-0.2, -0.15) is 4.98 Å². The molecule has 0 unspecified atom stereocenters. The summed E-state index contributed by atoms with van der Waals surface area (Å²) < 4.78 is 11.0. The van der Waals surface area contributed by atoms with Crippen LogP contribution < -0.4 is 4.74 Å². The molecule has 0 saturated heterocycles. The zero-order valence-electron chi connectivity index (χ0n) is 9.89. The van der Waals surface area contributed by atoms with Crippen LogP contribution in [-0.2, 0) is 0 Å². The van der Waals surface area contributed by atoms with Crippen LogP contribution in [0.3, 0.4) is 0 Å². The minimum absolute atomic E-state index is 0.438. The van der Waals surface area contributed by atoms with Gasteiger partial charge in [0.05, 0.1) is 7.11 Å². The molecule has 0 aliphatic heterocycles. The maximum Gasteiger partial charge on any atom is 0.230 e. The molecule has 1 aliphatic carbocycles. The van der Waals surface area contributed by atoms with E-state index in [1.807, 2.05) is 12.1 Å². The molecule has 0 N–H and O–H groups in total. The van der Waals surface area contributed by atoms with Gasteiger partial charge in [-0.15, -0.1) is 0 Å². The van der Waals surface area contributed by atoms with E-state index < -0.39 is 0 Å². The Labute approximate surface area is 113 Å². The summed E-state index contributed by atoms with van der Waals surface area (Å²) in [5.74, 6) is 2.37. The number of ether oxygens (including phenoxy) is 1. The summed E-state index contributed by atoms with van der Waals surface area (Å²) in [5, 5.41) is 3.98. The Bertz CT molecular complexity index is 566. The average molecular weight is 310 g/mol. The van der Waals surface area contributed by atoms with Crippen molar-refractivity contribution in [1.29, 1.82) is 0 Å². The van der Waals surface area contributed by atoms with E-state index in [0.717, 1.165) is 18.7 Å². The van der Waals surface area contributed by atoms with Crippen molar-refractivity contribution in [3.8, 4) is 17.3 Å². The number of rotatable bonds is 3. The molecular formula is C12H12BrN3O2. The number of hydrogen-bond donors (Lipinski definition) is 0. The van der Waals surface area contributed by atoms with Crippen molar-refractivity contribution >= 4 is 15.9 Å². The molecule has 0 radical (unpaired) electrons. The first kappa shape index (κ1) is 11.6. The fraction of sp³-hybridized carbons (Fsp3) is 0.417. The molecule has 0 aromatic carbocycles. The Morgan fingerprint density at radius 3 is 2.78 bits per heavy atom. The highest BCUT2D eigenvalue weighted by Gasteiger charge is 2.25. The van der Waals surface area contributed by atoms with Crippen molar-refractivity contribution in [2.45, 2.75) is 25.2 Å². The van der Waals surface area contributed by atoms with Gasteiger partial charge in [0.2, 0.25) is 11.7 Å². The van der Waals surface area contributed by atoms with Crippen molar-refractivity contribution < 1.29 is 9.26 Å². The third-order valence-electron chi connectivity index (χ3n) is 3.16. The molecule has 0 bridgehead atoms. The lowest BCUT2D eigenvalue weighted by Gasteiger charge is -2.20. The normalized spacial score (nSPS) is 15.4. The average Bonchev–Trinajstić information content (AvgIpc) is 2.76. The predicted octanol–water partition coefficient (Wildman–Crippen LogP) is 3.17. The van der Waals surface area contributed by atoms with E-state index >= 15 is 0 Å². The van der Waals surface area contributed by atoms with Crippen LogP contribution in [0, 0.1) is 0 Å². The van der Waals surface area contributed by atoms with Gasteiger partial charge in [0.25, 0.3) is 0 Å². The first-order valence-corrected chi connectivity index (χ1v) is 6.61. The Balaban J connectivity index is 1.89. The highest BCUT2D eigenvalue weighted by atomic mass is 79.9. The van der Waals surface area contributed by atoms with Gasteiger partial charge in [0, 0.05) is 5.92 Å². The zero-order valence-corrected chi connectivity index (χ0v) is 11.5. The van der Waals surface area contributed by atoms with E-state index in [2.05, 4.69) is 31.1 Å². The maximum atomic E-state index is 5.27. The molecular weight excluding hydrogens is 298 g/mol. The second kappa shape index (κ2) is 4.68. The van der Waals surface area contributed by atoms with Crippen molar-refractivity contribution in [3.05, 3.63) is 22.6 Å². The van der Waals surface area contributed by atoms with Crippen LogP contribution in [0.5, 0.6) is 5.75 Å². The zero-order chi connectivity index (χ0) is 12.5. The van der Waals surface area contributed by atoms with Crippen LogP contribution >= 0.6 is 15.9 Å². The fourth-order valence-corrected chi connectivity index (χ4v) is 2.34. The topological polar surface area (TPSA) is 61.0 Å². The van der Waals surface area contributed by atoms with E-state index in [1.54, 1.807) is 7.11 Å². The highest BCUT2D eigenvalue weighted by Crippen LogP contribution is 2.36. The van der Waals surface area contributed by atoms with Gasteiger partial charge in [-0.25, -0.2) is 4.98 Å². The molecule has 1 fully saturated rings. The number of aromatic nitrogens is 3. The number of halogens is 1. The van der Waals surface area contributed by atoms with Crippen molar-refractivity contribution in [2.24, 2.45) is 0 Å². The molecule has 2 heterocycles. The molecule has 1 aliphatic rings. The molecule has 94 valence electrons. The molecule has 0 amide bonds. The van der Waals surface area contributed by atoms with Crippen LogP contribution in [0.4, 0.5) is 0 Å². The van der Waals surface area contributed by atoms with Gasteiger partial charge in [-0.3, -0.25) is 0 Å². The Morgan fingerprint density at radius 2 is 2.17 bits per heavy atom. The number of methoxy groups -OCH3 is 1. The fourth-order valence-electron chi connectivity index (χ4n) is 1.86. The molecule has 2 aromatic heterocycles. The summed E-state index contributed by atoms with van der Waals surface area (Å²) in [6.07, 6.45) is 3.53. The number of pyridine rings is 1. The molecule has 3 rings (SSSR count). The standard InChI is InChI=1S/C12H12BrN3O2/c1-17-9-6-5-8(14-10(9)13)11-15-12(18-16-11)7-3-2-4-7/h5-7H,2-4H2,1H3. The maximum absolute atomic E-state index is 5.27. The predicted molar refractivity (Wildman–Crippen MR) is 68.4 cm³/mol. The lowest BCUT2D eigenvalue weighted by atomic mass is 9.85.